The van der Waals surface area contributed by atoms with E-state index in [2.05, 4.69) is 15.5 Å². The number of nitro benzene ring substituents is 1. The second-order valence-electron chi connectivity index (χ2n) is 4.21. The first-order valence-corrected chi connectivity index (χ1v) is 6.29. The number of ether oxygens (including phenoxy) is 1. The normalized spacial score (nSPS) is 10.1. The molecule has 0 bridgehead atoms. The molecule has 0 radical (unpaired) electrons. The molecule has 0 saturated carbocycles. The van der Waals surface area contributed by atoms with E-state index in [4.69, 9.17) is 4.74 Å². The number of aryl methyl sites for hydroxylation is 1. The van der Waals surface area contributed by atoms with Gasteiger partial charge >= 0.3 is 0 Å². The summed E-state index contributed by atoms with van der Waals surface area (Å²) in [5.74, 6) is 0.596. The Bertz CT molecular complexity index is 636. The van der Waals surface area contributed by atoms with Gasteiger partial charge in [0.05, 0.1) is 11.1 Å². The number of rotatable bonds is 6. The van der Waals surface area contributed by atoms with Crippen molar-refractivity contribution in [2.24, 2.45) is 0 Å². The van der Waals surface area contributed by atoms with Crippen molar-refractivity contribution in [2.45, 2.75) is 13.3 Å². The molecule has 0 aliphatic rings. The Balaban J connectivity index is 1.87. The molecular formula is C13H14N4O4. The molecule has 8 nitrogen and oxygen atoms in total. The van der Waals surface area contributed by atoms with Crippen LogP contribution in [0.4, 0.5) is 11.5 Å². The minimum absolute atomic E-state index is 0.0307. The number of aromatic amines is 1. The lowest BCUT2D eigenvalue weighted by Crippen LogP contribution is -2.21. The van der Waals surface area contributed by atoms with Gasteiger partial charge in [-0.1, -0.05) is 6.92 Å². The molecule has 0 fully saturated rings. The summed E-state index contributed by atoms with van der Waals surface area (Å²) >= 11 is 0. The molecule has 21 heavy (non-hydrogen) atoms. The lowest BCUT2D eigenvalue weighted by Gasteiger charge is -2.07. The van der Waals surface area contributed by atoms with Crippen LogP contribution in [0, 0.1) is 10.1 Å². The number of nitrogens with zero attached hydrogens (tertiary/aromatic N) is 2. The van der Waals surface area contributed by atoms with Crippen molar-refractivity contribution in [3.05, 3.63) is 46.1 Å². The molecule has 0 spiro atoms. The van der Waals surface area contributed by atoms with Crippen LogP contribution in [0.2, 0.25) is 0 Å². The van der Waals surface area contributed by atoms with Gasteiger partial charge in [-0.3, -0.25) is 20.0 Å². The highest BCUT2D eigenvalue weighted by Gasteiger charge is 2.09. The summed E-state index contributed by atoms with van der Waals surface area (Å²) in [6, 6.07) is 5.52. The number of carbonyl (C=O) groups excluding carboxylic acids is 1. The summed E-state index contributed by atoms with van der Waals surface area (Å²) in [6.07, 6.45) is 2.39. The summed E-state index contributed by atoms with van der Waals surface area (Å²) in [7, 11) is 0. The van der Waals surface area contributed by atoms with Gasteiger partial charge in [-0.05, 0) is 18.6 Å². The lowest BCUT2D eigenvalue weighted by molar-refractivity contribution is -0.384. The maximum atomic E-state index is 11.7. The Labute approximate surface area is 120 Å². The van der Waals surface area contributed by atoms with Gasteiger partial charge in [0.15, 0.2) is 6.61 Å². The molecule has 1 amide bonds. The van der Waals surface area contributed by atoms with Crippen molar-refractivity contribution in [1.29, 1.82) is 0 Å². The van der Waals surface area contributed by atoms with E-state index in [1.807, 2.05) is 6.92 Å². The molecular weight excluding hydrogens is 276 g/mol. The average molecular weight is 290 g/mol. The highest BCUT2D eigenvalue weighted by atomic mass is 16.6. The first-order valence-electron chi connectivity index (χ1n) is 6.29. The number of anilines is 1. The number of amides is 1. The van der Waals surface area contributed by atoms with E-state index >= 15 is 0 Å². The highest BCUT2D eigenvalue weighted by Crippen LogP contribution is 2.17. The number of H-pyrrole nitrogens is 1. The fraction of sp³-hybridized carbons (Fsp3) is 0.231. The molecule has 110 valence electrons. The summed E-state index contributed by atoms with van der Waals surface area (Å²) in [6.45, 7) is 1.76. The molecule has 0 unspecified atom stereocenters. The van der Waals surface area contributed by atoms with Crippen LogP contribution in [0.15, 0.2) is 30.5 Å². The van der Waals surface area contributed by atoms with E-state index in [1.54, 1.807) is 6.20 Å². The zero-order valence-corrected chi connectivity index (χ0v) is 11.3. The predicted octanol–water partition coefficient (Wildman–Crippen LogP) is 1.90. The van der Waals surface area contributed by atoms with Crippen LogP contribution < -0.4 is 10.1 Å². The minimum Gasteiger partial charge on any atom is -0.484 e. The SMILES string of the molecule is CCc1cn[nH]c1NC(=O)COc1ccc([N+](=O)[O-])cc1. The summed E-state index contributed by atoms with van der Waals surface area (Å²) in [5, 5.41) is 19.7. The van der Waals surface area contributed by atoms with Crippen molar-refractivity contribution in [3.8, 4) is 5.75 Å². The Morgan fingerprint density at radius 2 is 2.14 bits per heavy atom. The number of non-ortho nitro benzene ring substituents is 1. The van der Waals surface area contributed by atoms with Crippen LogP contribution >= 0.6 is 0 Å². The summed E-state index contributed by atoms with van der Waals surface area (Å²) in [4.78, 5) is 21.7. The van der Waals surface area contributed by atoms with Crippen molar-refractivity contribution < 1.29 is 14.5 Å². The lowest BCUT2D eigenvalue weighted by atomic mass is 10.2. The third-order valence-electron chi connectivity index (χ3n) is 2.78. The number of hydrogen-bond donors (Lipinski definition) is 2. The largest absolute Gasteiger partial charge is 0.484 e. The quantitative estimate of drug-likeness (QED) is 0.623. The molecule has 0 aliphatic heterocycles. The number of benzene rings is 1. The predicted molar refractivity (Wildman–Crippen MR) is 75.2 cm³/mol. The van der Waals surface area contributed by atoms with Crippen molar-refractivity contribution >= 4 is 17.4 Å². The summed E-state index contributed by atoms with van der Waals surface area (Å²) < 4.78 is 5.26. The van der Waals surface area contributed by atoms with Crippen LogP contribution in [0.1, 0.15) is 12.5 Å². The number of hydrogen-bond acceptors (Lipinski definition) is 5. The van der Waals surface area contributed by atoms with E-state index in [0.717, 1.165) is 12.0 Å². The minimum atomic E-state index is -0.499. The highest BCUT2D eigenvalue weighted by molar-refractivity contribution is 5.91. The average Bonchev–Trinajstić information content (AvgIpc) is 2.92. The first kappa shape index (κ1) is 14.5. The van der Waals surface area contributed by atoms with Gasteiger partial charge in [0.2, 0.25) is 0 Å². The second kappa shape index (κ2) is 6.51. The molecule has 0 saturated heterocycles. The topological polar surface area (TPSA) is 110 Å². The molecule has 8 heteroatoms. The Morgan fingerprint density at radius 1 is 1.43 bits per heavy atom. The Kier molecular flexibility index (Phi) is 4.50. The van der Waals surface area contributed by atoms with E-state index in [0.29, 0.717) is 11.6 Å². The van der Waals surface area contributed by atoms with E-state index in [1.165, 1.54) is 24.3 Å². The van der Waals surface area contributed by atoms with Gasteiger partial charge in [-0.15, -0.1) is 0 Å². The molecule has 1 aromatic carbocycles. The zero-order valence-electron chi connectivity index (χ0n) is 11.3. The monoisotopic (exact) mass is 290 g/mol. The third-order valence-corrected chi connectivity index (χ3v) is 2.78. The van der Waals surface area contributed by atoms with Gasteiger partial charge < -0.3 is 10.1 Å². The Morgan fingerprint density at radius 3 is 2.76 bits per heavy atom. The van der Waals surface area contributed by atoms with Crippen LogP contribution in [0.3, 0.4) is 0 Å². The fourth-order valence-electron chi connectivity index (χ4n) is 1.68. The van der Waals surface area contributed by atoms with Gasteiger partial charge in [0.1, 0.15) is 11.6 Å². The molecule has 2 N–H and O–H groups in total. The molecule has 2 rings (SSSR count). The molecule has 0 atom stereocenters. The fourth-order valence-corrected chi connectivity index (χ4v) is 1.68. The van der Waals surface area contributed by atoms with E-state index in [9.17, 15) is 14.9 Å². The van der Waals surface area contributed by atoms with E-state index < -0.39 is 4.92 Å². The van der Waals surface area contributed by atoms with Crippen LogP contribution in [-0.2, 0) is 11.2 Å². The van der Waals surface area contributed by atoms with Crippen molar-refractivity contribution in [1.82, 2.24) is 10.2 Å². The van der Waals surface area contributed by atoms with Crippen LogP contribution in [0.25, 0.3) is 0 Å². The third kappa shape index (κ3) is 3.78. The van der Waals surface area contributed by atoms with Gasteiger partial charge in [-0.25, -0.2) is 0 Å². The standard InChI is InChI=1S/C13H14N4O4/c1-2-9-7-14-16-13(9)15-12(18)8-21-11-5-3-10(4-6-11)17(19)20/h3-7H,2,8H2,1H3,(H2,14,15,16,18). The van der Waals surface area contributed by atoms with Crippen molar-refractivity contribution in [3.63, 3.8) is 0 Å². The number of carbonyl (C=O) groups is 1. The number of nitrogens with one attached hydrogen (secondary N) is 2. The van der Waals surface area contributed by atoms with E-state index in [-0.39, 0.29) is 18.2 Å². The molecule has 1 aromatic heterocycles. The molecule has 2 aromatic rings. The van der Waals surface area contributed by atoms with Crippen LogP contribution in [-0.4, -0.2) is 27.6 Å². The molecule has 1 heterocycles. The Hall–Kier alpha value is -2.90. The number of aromatic nitrogens is 2. The maximum Gasteiger partial charge on any atom is 0.269 e. The zero-order chi connectivity index (χ0) is 15.2. The van der Waals surface area contributed by atoms with Gasteiger partial charge in [-0.2, -0.15) is 5.10 Å². The second-order valence-corrected chi connectivity index (χ2v) is 4.21. The smallest absolute Gasteiger partial charge is 0.269 e. The van der Waals surface area contributed by atoms with Crippen LogP contribution in [0.5, 0.6) is 5.75 Å². The van der Waals surface area contributed by atoms with Gasteiger partial charge in [0.25, 0.3) is 11.6 Å². The summed E-state index contributed by atoms with van der Waals surface area (Å²) in [5.41, 5.74) is 0.871. The maximum absolute atomic E-state index is 11.7. The first-order chi connectivity index (χ1) is 10.1. The molecule has 0 aliphatic carbocycles. The van der Waals surface area contributed by atoms with Gasteiger partial charge in [0, 0.05) is 17.7 Å². The van der Waals surface area contributed by atoms with Crippen molar-refractivity contribution in [2.75, 3.05) is 11.9 Å². The number of nitro groups is 1.